The van der Waals surface area contributed by atoms with Gasteiger partial charge in [-0.3, -0.25) is 0 Å². The van der Waals surface area contributed by atoms with Crippen LogP contribution in [-0.4, -0.2) is 17.1 Å². The molecule has 3 aliphatic carbocycles. The number of para-hydroxylation sites is 1. The molecular weight excluding hydrogens is 352 g/mol. The van der Waals surface area contributed by atoms with Crippen LogP contribution in [0.25, 0.3) is 0 Å². The summed E-state index contributed by atoms with van der Waals surface area (Å²) in [6.07, 6.45) is 19.1. The lowest BCUT2D eigenvalue weighted by Crippen LogP contribution is -2.49. The molecule has 3 saturated carbocycles. The Morgan fingerprint density at radius 2 is 1.34 bits per heavy atom. The zero-order valence-electron chi connectivity index (χ0n) is 18.7. The Balaban J connectivity index is 1.61. The fraction of sp³-hybridized carbons (Fsp3) is 0.704. The van der Waals surface area contributed by atoms with Crippen molar-refractivity contribution in [2.75, 3.05) is 4.90 Å². The van der Waals surface area contributed by atoms with Crippen molar-refractivity contribution in [1.82, 2.24) is 4.90 Å². The van der Waals surface area contributed by atoms with E-state index in [1.807, 2.05) is 0 Å². The average Bonchev–Trinajstić information content (AvgIpc) is 3.49. The van der Waals surface area contributed by atoms with Gasteiger partial charge in [0.15, 0.2) is 0 Å². The zero-order chi connectivity index (χ0) is 19.8. The molecule has 0 spiro atoms. The summed E-state index contributed by atoms with van der Waals surface area (Å²) in [6.45, 7) is 4.78. The van der Waals surface area contributed by atoms with Crippen molar-refractivity contribution in [3.05, 3.63) is 41.2 Å². The van der Waals surface area contributed by atoms with Crippen molar-refractivity contribution in [3.63, 3.8) is 0 Å². The Morgan fingerprint density at radius 1 is 0.724 bits per heavy atom. The van der Waals surface area contributed by atoms with E-state index in [0.717, 1.165) is 17.9 Å². The Labute approximate surface area is 178 Å². The van der Waals surface area contributed by atoms with E-state index < -0.39 is 0 Å². The molecule has 3 fully saturated rings. The lowest BCUT2D eigenvalue weighted by molar-refractivity contribution is 0.133. The quantitative estimate of drug-likeness (QED) is 0.527. The molecule has 0 aromatic heterocycles. The smallest absolute Gasteiger partial charge is 0.109 e. The standard InChI is InChI=1S/C27H40N2/c1-20-12-6-11-19-25(20)28-21(2)26(22-13-4-3-5-14-22)29(24-17-9-10-18-24)27(28)23-15-7-8-16-23/h6,11-12,19,22-24,27H,3-5,7-10,13-18H2,1-2H3. The van der Waals surface area contributed by atoms with Crippen LogP contribution in [0, 0.1) is 18.8 Å². The van der Waals surface area contributed by atoms with Crippen molar-refractivity contribution in [3.8, 4) is 0 Å². The molecule has 0 bridgehead atoms. The largest absolute Gasteiger partial charge is 0.349 e. The number of benzene rings is 1. The van der Waals surface area contributed by atoms with E-state index in [4.69, 9.17) is 0 Å². The topological polar surface area (TPSA) is 6.48 Å². The van der Waals surface area contributed by atoms with Crippen LogP contribution in [0.3, 0.4) is 0 Å². The maximum Gasteiger partial charge on any atom is 0.109 e. The average molecular weight is 393 g/mol. The van der Waals surface area contributed by atoms with Crippen LogP contribution in [0.4, 0.5) is 5.69 Å². The molecule has 1 heterocycles. The maximum absolute atomic E-state index is 3.03. The Kier molecular flexibility index (Phi) is 5.63. The van der Waals surface area contributed by atoms with E-state index >= 15 is 0 Å². The first kappa shape index (κ1) is 19.5. The molecule has 158 valence electrons. The molecule has 1 aliphatic heterocycles. The van der Waals surface area contributed by atoms with E-state index in [1.165, 1.54) is 94.7 Å². The van der Waals surface area contributed by atoms with E-state index in [-0.39, 0.29) is 0 Å². The Bertz CT molecular complexity index is 733. The molecule has 0 radical (unpaired) electrons. The minimum absolute atomic E-state index is 0.568. The van der Waals surface area contributed by atoms with E-state index in [0.29, 0.717) is 6.17 Å². The van der Waals surface area contributed by atoms with E-state index in [9.17, 15) is 0 Å². The lowest BCUT2D eigenvalue weighted by atomic mass is 9.85. The maximum atomic E-state index is 3.03. The second kappa shape index (κ2) is 8.36. The SMILES string of the molecule is CC1=C(C2CCCCC2)N(C2CCCC2)C(C2CCCC2)N1c1ccccc1C. The van der Waals surface area contributed by atoms with Gasteiger partial charge in [0.05, 0.1) is 0 Å². The molecule has 1 aromatic carbocycles. The highest BCUT2D eigenvalue weighted by atomic mass is 15.4. The van der Waals surface area contributed by atoms with Crippen LogP contribution in [0.15, 0.2) is 35.7 Å². The third-order valence-corrected chi connectivity index (χ3v) is 8.47. The molecule has 4 aliphatic rings. The van der Waals surface area contributed by atoms with Gasteiger partial charge in [-0.05, 0) is 69.9 Å². The van der Waals surface area contributed by atoms with Crippen molar-refractivity contribution in [2.45, 2.75) is 110 Å². The first-order chi connectivity index (χ1) is 14.3. The van der Waals surface area contributed by atoms with Crippen molar-refractivity contribution in [2.24, 2.45) is 11.8 Å². The fourth-order valence-corrected chi connectivity index (χ4v) is 7.10. The number of nitrogens with zero attached hydrogens (tertiary/aromatic N) is 2. The molecule has 2 nitrogen and oxygen atoms in total. The molecular formula is C27H40N2. The predicted octanol–water partition coefficient (Wildman–Crippen LogP) is 7.39. The van der Waals surface area contributed by atoms with E-state index in [2.05, 4.69) is 47.9 Å². The van der Waals surface area contributed by atoms with Crippen molar-refractivity contribution < 1.29 is 0 Å². The molecule has 2 heteroatoms. The molecule has 5 rings (SSSR count). The number of aryl methyl sites for hydroxylation is 1. The van der Waals surface area contributed by atoms with Crippen LogP contribution in [0.5, 0.6) is 0 Å². The molecule has 1 atom stereocenters. The van der Waals surface area contributed by atoms with Gasteiger partial charge in [0, 0.05) is 29.0 Å². The highest BCUT2D eigenvalue weighted by molar-refractivity contribution is 5.61. The molecule has 29 heavy (non-hydrogen) atoms. The van der Waals surface area contributed by atoms with Crippen LogP contribution >= 0.6 is 0 Å². The van der Waals surface area contributed by atoms with Gasteiger partial charge in [0.1, 0.15) is 6.17 Å². The van der Waals surface area contributed by atoms with Crippen molar-refractivity contribution >= 4 is 5.69 Å². The molecule has 0 amide bonds. The zero-order valence-corrected chi connectivity index (χ0v) is 18.7. The van der Waals surface area contributed by atoms with Crippen LogP contribution in [0.2, 0.25) is 0 Å². The highest BCUT2D eigenvalue weighted by Crippen LogP contribution is 2.49. The van der Waals surface area contributed by atoms with Gasteiger partial charge in [-0.1, -0.05) is 63.1 Å². The number of hydrogen-bond acceptors (Lipinski definition) is 2. The van der Waals surface area contributed by atoms with Crippen LogP contribution in [0.1, 0.15) is 96.0 Å². The Hall–Kier alpha value is -1.44. The second-order valence-electron chi connectivity index (χ2n) is 10.3. The monoisotopic (exact) mass is 392 g/mol. The summed E-state index contributed by atoms with van der Waals surface area (Å²) in [5, 5.41) is 0. The minimum atomic E-state index is 0.568. The van der Waals surface area contributed by atoms with Gasteiger partial charge in [0.25, 0.3) is 0 Å². The van der Waals surface area contributed by atoms with Crippen LogP contribution < -0.4 is 4.90 Å². The first-order valence-electron chi connectivity index (χ1n) is 12.6. The van der Waals surface area contributed by atoms with Gasteiger partial charge in [-0.25, -0.2) is 0 Å². The predicted molar refractivity (Wildman–Crippen MR) is 123 cm³/mol. The fourth-order valence-electron chi connectivity index (χ4n) is 7.10. The van der Waals surface area contributed by atoms with Crippen molar-refractivity contribution in [1.29, 1.82) is 0 Å². The molecule has 1 unspecified atom stereocenters. The summed E-state index contributed by atoms with van der Waals surface area (Å²) in [4.78, 5) is 5.84. The van der Waals surface area contributed by atoms with Gasteiger partial charge in [-0.2, -0.15) is 0 Å². The lowest BCUT2D eigenvalue weighted by Gasteiger charge is -2.43. The molecule has 0 N–H and O–H groups in total. The van der Waals surface area contributed by atoms with Crippen LogP contribution in [-0.2, 0) is 0 Å². The third-order valence-electron chi connectivity index (χ3n) is 8.47. The summed E-state index contributed by atoms with van der Waals surface area (Å²) in [6, 6.07) is 9.93. The number of hydrogen-bond donors (Lipinski definition) is 0. The van der Waals surface area contributed by atoms with Gasteiger partial charge in [0.2, 0.25) is 0 Å². The normalized spacial score (nSPS) is 27.6. The number of allylic oxidation sites excluding steroid dienone is 2. The highest BCUT2D eigenvalue weighted by Gasteiger charge is 2.47. The molecule has 0 saturated heterocycles. The number of anilines is 1. The van der Waals surface area contributed by atoms with Gasteiger partial charge < -0.3 is 9.80 Å². The van der Waals surface area contributed by atoms with Gasteiger partial charge >= 0.3 is 0 Å². The first-order valence-corrected chi connectivity index (χ1v) is 12.6. The number of rotatable bonds is 4. The van der Waals surface area contributed by atoms with Gasteiger partial charge in [-0.15, -0.1) is 0 Å². The Morgan fingerprint density at radius 3 is 2.03 bits per heavy atom. The summed E-state index contributed by atoms with van der Waals surface area (Å²) in [7, 11) is 0. The minimum Gasteiger partial charge on any atom is -0.349 e. The molecule has 1 aromatic rings. The summed E-state index contributed by atoms with van der Waals surface area (Å²) in [5.74, 6) is 1.62. The summed E-state index contributed by atoms with van der Waals surface area (Å²) in [5.41, 5.74) is 6.26. The summed E-state index contributed by atoms with van der Waals surface area (Å²) >= 11 is 0. The van der Waals surface area contributed by atoms with E-state index in [1.54, 1.807) is 11.4 Å². The third kappa shape index (κ3) is 3.51. The second-order valence-corrected chi connectivity index (χ2v) is 10.3. The summed E-state index contributed by atoms with van der Waals surface area (Å²) < 4.78 is 0.